The van der Waals surface area contributed by atoms with Crippen LogP contribution in [-0.2, 0) is 19.1 Å². The second-order valence-electron chi connectivity index (χ2n) is 6.52. The summed E-state index contributed by atoms with van der Waals surface area (Å²) in [4.78, 5) is 27.1. The minimum Gasteiger partial charge on any atom is -0.375 e. The Kier molecular flexibility index (Phi) is 4.17. The molecule has 0 aromatic rings. The average molecular weight is 296 g/mol. The Hall–Kier alpha value is -1.14. The van der Waals surface area contributed by atoms with Crippen LogP contribution in [0, 0.1) is 5.92 Å². The summed E-state index contributed by atoms with van der Waals surface area (Å²) < 4.78 is 10.9. The van der Waals surface area contributed by atoms with Crippen molar-refractivity contribution in [3.05, 3.63) is 0 Å². The van der Waals surface area contributed by atoms with Gasteiger partial charge in [0.15, 0.2) is 0 Å². The van der Waals surface area contributed by atoms with Gasteiger partial charge in [-0.3, -0.25) is 9.59 Å². The van der Waals surface area contributed by atoms with Crippen molar-refractivity contribution in [2.75, 3.05) is 46.5 Å². The van der Waals surface area contributed by atoms with Gasteiger partial charge in [-0.25, -0.2) is 0 Å². The summed E-state index contributed by atoms with van der Waals surface area (Å²) in [5.74, 6) is 0.771. The van der Waals surface area contributed by atoms with Crippen LogP contribution in [0.1, 0.15) is 25.7 Å². The van der Waals surface area contributed by atoms with Gasteiger partial charge in [-0.1, -0.05) is 0 Å². The van der Waals surface area contributed by atoms with Crippen LogP contribution in [0.2, 0.25) is 0 Å². The maximum Gasteiger partial charge on any atom is 0.248 e. The highest BCUT2D eigenvalue weighted by Crippen LogP contribution is 2.36. The summed E-state index contributed by atoms with van der Waals surface area (Å²) in [6.07, 6.45) is 3.76. The monoisotopic (exact) mass is 296 g/mol. The lowest BCUT2D eigenvalue weighted by atomic mass is 9.82. The van der Waals surface area contributed by atoms with Gasteiger partial charge < -0.3 is 19.3 Å². The van der Waals surface area contributed by atoms with E-state index in [-0.39, 0.29) is 24.0 Å². The van der Waals surface area contributed by atoms with Crippen LogP contribution in [0.5, 0.6) is 0 Å². The average Bonchev–Trinajstić information content (AvgIpc) is 2.83. The normalized spacial score (nSPS) is 28.0. The van der Waals surface area contributed by atoms with E-state index < -0.39 is 0 Å². The summed E-state index contributed by atoms with van der Waals surface area (Å²) in [5, 5.41) is 0. The number of amides is 2. The van der Waals surface area contributed by atoms with Crippen molar-refractivity contribution < 1.29 is 19.1 Å². The number of hydrogen-bond donors (Lipinski definition) is 0. The third kappa shape index (κ3) is 3.06. The first kappa shape index (κ1) is 14.8. The summed E-state index contributed by atoms with van der Waals surface area (Å²) in [6, 6.07) is 0. The molecular weight excluding hydrogens is 272 g/mol. The molecule has 0 aliphatic carbocycles. The Balaban J connectivity index is 1.42. The Bertz CT molecular complexity index is 410. The van der Waals surface area contributed by atoms with E-state index >= 15 is 0 Å². The lowest BCUT2D eigenvalue weighted by Crippen LogP contribution is -2.67. The van der Waals surface area contributed by atoms with E-state index in [9.17, 15) is 9.59 Å². The zero-order valence-electron chi connectivity index (χ0n) is 12.7. The standard InChI is InChI=1S/C15H24N2O4/c1-20-9-14(19)17-10-15(11-17)5-4-12(8-21-15)7-16-6-2-3-13(16)18/h12H,2-11H2,1H3. The van der Waals surface area contributed by atoms with Crippen molar-refractivity contribution in [3.8, 4) is 0 Å². The summed E-state index contributed by atoms with van der Waals surface area (Å²) in [6.45, 7) is 3.96. The van der Waals surface area contributed by atoms with Crippen LogP contribution in [0.15, 0.2) is 0 Å². The van der Waals surface area contributed by atoms with Crippen LogP contribution >= 0.6 is 0 Å². The summed E-state index contributed by atoms with van der Waals surface area (Å²) in [7, 11) is 1.54. The highest BCUT2D eigenvalue weighted by Gasteiger charge is 2.48. The minimum atomic E-state index is -0.130. The number of ether oxygens (including phenoxy) is 2. The molecular formula is C15H24N2O4. The maximum atomic E-state index is 11.7. The van der Waals surface area contributed by atoms with Crippen molar-refractivity contribution in [1.82, 2.24) is 9.80 Å². The van der Waals surface area contributed by atoms with E-state index in [1.54, 1.807) is 4.90 Å². The van der Waals surface area contributed by atoms with Crippen LogP contribution < -0.4 is 0 Å². The molecule has 3 aliphatic rings. The highest BCUT2D eigenvalue weighted by molar-refractivity contribution is 5.78. The van der Waals surface area contributed by atoms with Gasteiger partial charge in [-0.05, 0) is 19.3 Å². The van der Waals surface area contributed by atoms with E-state index in [0.29, 0.717) is 32.0 Å². The van der Waals surface area contributed by atoms with Crippen LogP contribution in [0.3, 0.4) is 0 Å². The topological polar surface area (TPSA) is 59.1 Å². The minimum absolute atomic E-state index is 0.0384. The van der Waals surface area contributed by atoms with Crippen molar-refractivity contribution in [1.29, 1.82) is 0 Å². The van der Waals surface area contributed by atoms with Gasteiger partial charge >= 0.3 is 0 Å². The zero-order valence-corrected chi connectivity index (χ0v) is 12.7. The maximum absolute atomic E-state index is 11.7. The van der Waals surface area contributed by atoms with Crippen LogP contribution in [0.25, 0.3) is 0 Å². The number of carbonyl (C=O) groups excluding carboxylic acids is 2. The quantitative estimate of drug-likeness (QED) is 0.747. The smallest absolute Gasteiger partial charge is 0.248 e. The van der Waals surface area contributed by atoms with Gasteiger partial charge in [0.1, 0.15) is 12.2 Å². The summed E-state index contributed by atoms with van der Waals surface area (Å²) in [5.41, 5.74) is -0.130. The van der Waals surface area contributed by atoms with Crippen molar-refractivity contribution in [2.24, 2.45) is 5.92 Å². The van der Waals surface area contributed by atoms with Crippen molar-refractivity contribution in [3.63, 3.8) is 0 Å². The van der Waals surface area contributed by atoms with E-state index in [0.717, 1.165) is 32.4 Å². The van der Waals surface area contributed by atoms with Gasteiger partial charge in [-0.2, -0.15) is 0 Å². The lowest BCUT2D eigenvalue weighted by Gasteiger charge is -2.52. The van der Waals surface area contributed by atoms with E-state index in [4.69, 9.17) is 9.47 Å². The first-order valence-electron chi connectivity index (χ1n) is 7.80. The molecule has 1 atom stereocenters. The lowest BCUT2D eigenvalue weighted by molar-refractivity contribution is -0.191. The zero-order chi connectivity index (χ0) is 14.9. The molecule has 0 N–H and O–H groups in total. The molecule has 6 heteroatoms. The second-order valence-corrected chi connectivity index (χ2v) is 6.52. The van der Waals surface area contributed by atoms with E-state index in [2.05, 4.69) is 0 Å². The largest absolute Gasteiger partial charge is 0.375 e. The van der Waals surface area contributed by atoms with Gasteiger partial charge in [0, 0.05) is 32.5 Å². The Morgan fingerprint density at radius 1 is 1.48 bits per heavy atom. The molecule has 0 bridgehead atoms. The number of nitrogens with zero attached hydrogens (tertiary/aromatic N) is 2. The fraction of sp³-hybridized carbons (Fsp3) is 0.867. The third-order valence-corrected chi connectivity index (χ3v) is 4.86. The van der Waals surface area contributed by atoms with Crippen molar-refractivity contribution >= 4 is 11.8 Å². The molecule has 2 amide bonds. The Labute approximate surface area is 125 Å². The summed E-state index contributed by atoms with van der Waals surface area (Å²) >= 11 is 0. The first-order valence-corrected chi connectivity index (χ1v) is 7.80. The molecule has 0 aromatic heterocycles. The molecule has 3 saturated heterocycles. The molecule has 6 nitrogen and oxygen atoms in total. The van der Waals surface area contributed by atoms with E-state index in [1.807, 2.05) is 4.90 Å². The van der Waals surface area contributed by atoms with Gasteiger partial charge in [0.25, 0.3) is 0 Å². The molecule has 118 valence electrons. The molecule has 3 aliphatic heterocycles. The van der Waals surface area contributed by atoms with E-state index in [1.165, 1.54) is 7.11 Å². The number of carbonyl (C=O) groups is 2. The molecule has 21 heavy (non-hydrogen) atoms. The predicted molar refractivity (Wildman–Crippen MR) is 75.7 cm³/mol. The first-order chi connectivity index (χ1) is 10.1. The Morgan fingerprint density at radius 3 is 2.86 bits per heavy atom. The van der Waals surface area contributed by atoms with Gasteiger partial charge in [0.2, 0.25) is 11.8 Å². The van der Waals surface area contributed by atoms with Crippen LogP contribution in [-0.4, -0.2) is 73.7 Å². The van der Waals surface area contributed by atoms with Crippen molar-refractivity contribution in [2.45, 2.75) is 31.3 Å². The Morgan fingerprint density at radius 2 is 2.29 bits per heavy atom. The third-order valence-electron chi connectivity index (χ3n) is 4.86. The van der Waals surface area contributed by atoms with Crippen LogP contribution in [0.4, 0.5) is 0 Å². The molecule has 1 spiro atoms. The fourth-order valence-corrected chi connectivity index (χ4v) is 3.56. The molecule has 0 aromatic carbocycles. The molecule has 3 rings (SSSR count). The fourth-order valence-electron chi connectivity index (χ4n) is 3.56. The van der Waals surface area contributed by atoms with Gasteiger partial charge in [0.05, 0.1) is 19.7 Å². The molecule has 1 unspecified atom stereocenters. The number of methoxy groups -OCH3 is 1. The number of likely N-dealkylation sites (tertiary alicyclic amines) is 2. The highest BCUT2D eigenvalue weighted by atomic mass is 16.5. The number of hydrogen-bond acceptors (Lipinski definition) is 4. The molecule has 3 heterocycles. The number of rotatable bonds is 4. The second kappa shape index (κ2) is 5.93. The molecule has 3 fully saturated rings. The van der Waals surface area contributed by atoms with Gasteiger partial charge in [-0.15, -0.1) is 0 Å². The molecule has 0 saturated carbocycles. The molecule has 0 radical (unpaired) electrons. The SMILES string of the molecule is COCC(=O)N1CC2(CCC(CN3CCCC3=O)CO2)C1. The predicted octanol–water partition coefficient (Wildman–Crippen LogP) is 0.263.